The molecule has 2 aromatic carbocycles. The van der Waals surface area contributed by atoms with Crippen LogP contribution in [0.5, 0.6) is 0 Å². The third-order valence-electron chi connectivity index (χ3n) is 3.83. The molecule has 0 radical (unpaired) electrons. The number of nitrogens with one attached hydrogen (secondary N) is 1. The van der Waals surface area contributed by atoms with E-state index in [1.165, 1.54) is 12.1 Å². The summed E-state index contributed by atoms with van der Waals surface area (Å²) in [5.41, 5.74) is 1.59. The molecule has 0 aliphatic heterocycles. The number of fused-ring (bicyclic) bond motifs is 1. The van der Waals surface area contributed by atoms with Crippen LogP contribution in [-0.4, -0.2) is 10.9 Å². The topological polar surface area (TPSA) is 55.1 Å². The van der Waals surface area contributed by atoms with Gasteiger partial charge in [-0.05, 0) is 35.9 Å². The number of aromatic nitrogens is 1. The van der Waals surface area contributed by atoms with E-state index in [2.05, 4.69) is 10.3 Å². The number of amides is 1. The molecule has 3 aromatic rings. The minimum atomic E-state index is -4.39. The molecule has 0 unspecified atom stereocenters. The summed E-state index contributed by atoms with van der Waals surface area (Å²) in [6.07, 6.45) is -4.41. The molecule has 7 heteroatoms. The summed E-state index contributed by atoms with van der Waals surface area (Å²) in [5.74, 6) is 0.449. The highest BCUT2D eigenvalue weighted by Crippen LogP contribution is 2.29. The molecule has 0 atom stereocenters. The van der Waals surface area contributed by atoms with Gasteiger partial charge in [0.05, 0.1) is 12.0 Å². The molecule has 0 saturated heterocycles. The van der Waals surface area contributed by atoms with Crippen molar-refractivity contribution < 1.29 is 22.4 Å². The fraction of sp³-hybridized carbons (Fsp3) is 0.263. The molecule has 136 valence electrons. The Kier molecular flexibility index (Phi) is 4.71. The lowest BCUT2D eigenvalue weighted by Crippen LogP contribution is -2.14. The Bertz CT molecular complexity index is 928. The van der Waals surface area contributed by atoms with Crippen molar-refractivity contribution in [1.82, 2.24) is 4.98 Å². The summed E-state index contributed by atoms with van der Waals surface area (Å²) in [6.45, 7) is 3.94. The van der Waals surface area contributed by atoms with E-state index >= 15 is 0 Å². The predicted molar refractivity (Wildman–Crippen MR) is 91.9 cm³/mol. The predicted octanol–water partition coefficient (Wildman–Crippen LogP) is 5.15. The lowest BCUT2D eigenvalue weighted by Gasteiger charge is -2.08. The van der Waals surface area contributed by atoms with Gasteiger partial charge < -0.3 is 9.73 Å². The minimum absolute atomic E-state index is 0.0216. The van der Waals surface area contributed by atoms with Crippen LogP contribution in [0.25, 0.3) is 11.1 Å². The Hall–Kier alpha value is -2.83. The van der Waals surface area contributed by atoms with Crippen molar-refractivity contribution in [1.29, 1.82) is 0 Å². The van der Waals surface area contributed by atoms with Gasteiger partial charge in [0.2, 0.25) is 5.91 Å². The number of oxazole rings is 1. The highest BCUT2D eigenvalue weighted by Gasteiger charge is 2.29. The number of hydrogen-bond acceptors (Lipinski definition) is 3. The number of anilines is 1. The van der Waals surface area contributed by atoms with Crippen molar-refractivity contribution in [2.24, 2.45) is 0 Å². The molecular weight excluding hydrogens is 345 g/mol. The van der Waals surface area contributed by atoms with Gasteiger partial charge in [0, 0.05) is 11.6 Å². The first kappa shape index (κ1) is 18.0. The lowest BCUT2D eigenvalue weighted by molar-refractivity contribution is -0.137. The zero-order chi connectivity index (χ0) is 18.9. The highest BCUT2D eigenvalue weighted by molar-refractivity contribution is 5.94. The Morgan fingerprint density at radius 1 is 1.15 bits per heavy atom. The van der Waals surface area contributed by atoms with Gasteiger partial charge in [0.25, 0.3) is 0 Å². The number of benzene rings is 2. The van der Waals surface area contributed by atoms with Gasteiger partial charge in [-0.2, -0.15) is 13.2 Å². The van der Waals surface area contributed by atoms with Gasteiger partial charge in [-0.3, -0.25) is 4.79 Å². The Morgan fingerprint density at radius 2 is 1.85 bits per heavy atom. The Morgan fingerprint density at radius 3 is 2.46 bits per heavy atom. The second-order valence-electron chi connectivity index (χ2n) is 6.31. The molecule has 26 heavy (non-hydrogen) atoms. The third-order valence-corrected chi connectivity index (χ3v) is 3.83. The highest BCUT2D eigenvalue weighted by atomic mass is 19.4. The average molecular weight is 362 g/mol. The zero-order valence-corrected chi connectivity index (χ0v) is 14.2. The monoisotopic (exact) mass is 362 g/mol. The van der Waals surface area contributed by atoms with Crippen LogP contribution in [0.1, 0.15) is 36.8 Å². The Labute approximate surface area is 148 Å². The molecule has 0 fully saturated rings. The summed E-state index contributed by atoms with van der Waals surface area (Å²) < 4.78 is 43.3. The number of halogens is 3. The molecule has 1 amide bonds. The van der Waals surface area contributed by atoms with Crippen LogP contribution in [0.3, 0.4) is 0 Å². The van der Waals surface area contributed by atoms with Gasteiger partial charge in [0.1, 0.15) is 5.52 Å². The van der Waals surface area contributed by atoms with Crippen LogP contribution in [0.2, 0.25) is 0 Å². The third kappa shape index (κ3) is 4.04. The summed E-state index contributed by atoms with van der Waals surface area (Å²) >= 11 is 0. The van der Waals surface area contributed by atoms with E-state index in [1.807, 2.05) is 13.8 Å². The van der Waals surface area contributed by atoms with Gasteiger partial charge in [-0.15, -0.1) is 0 Å². The van der Waals surface area contributed by atoms with Crippen LogP contribution in [0.15, 0.2) is 46.9 Å². The molecular formula is C19H17F3N2O2. The molecule has 0 bridgehead atoms. The van der Waals surface area contributed by atoms with Gasteiger partial charge in [0.15, 0.2) is 11.5 Å². The molecule has 0 aliphatic carbocycles. The fourth-order valence-corrected chi connectivity index (χ4v) is 2.47. The van der Waals surface area contributed by atoms with Crippen LogP contribution in [0, 0.1) is 0 Å². The van der Waals surface area contributed by atoms with Crippen LogP contribution < -0.4 is 5.32 Å². The number of hydrogen-bond donors (Lipinski definition) is 1. The molecule has 4 nitrogen and oxygen atoms in total. The van der Waals surface area contributed by atoms with Crippen molar-refractivity contribution in [3.8, 4) is 0 Å². The first-order chi connectivity index (χ1) is 12.2. The average Bonchev–Trinajstić information content (AvgIpc) is 2.98. The molecule has 1 N–H and O–H groups in total. The van der Waals surface area contributed by atoms with Crippen molar-refractivity contribution in [2.75, 3.05) is 5.32 Å². The minimum Gasteiger partial charge on any atom is -0.440 e. The fourth-order valence-electron chi connectivity index (χ4n) is 2.47. The van der Waals surface area contributed by atoms with E-state index < -0.39 is 11.7 Å². The summed E-state index contributed by atoms with van der Waals surface area (Å²) in [5, 5.41) is 2.72. The maximum Gasteiger partial charge on any atom is 0.416 e. The smallest absolute Gasteiger partial charge is 0.416 e. The van der Waals surface area contributed by atoms with Gasteiger partial charge in [-0.1, -0.05) is 26.0 Å². The number of carbonyl (C=O) groups is 1. The number of alkyl halides is 3. The first-order valence-corrected chi connectivity index (χ1v) is 8.09. The molecule has 1 aromatic heterocycles. The number of carbonyl (C=O) groups excluding carboxylic acids is 1. The Balaban J connectivity index is 1.68. The maximum absolute atomic E-state index is 12.6. The van der Waals surface area contributed by atoms with Gasteiger partial charge >= 0.3 is 6.18 Å². The molecule has 1 heterocycles. The first-order valence-electron chi connectivity index (χ1n) is 8.09. The lowest BCUT2D eigenvalue weighted by atomic mass is 10.1. The van der Waals surface area contributed by atoms with E-state index in [-0.39, 0.29) is 18.2 Å². The molecule has 0 saturated carbocycles. The van der Waals surface area contributed by atoms with E-state index in [0.29, 0.717) is 28.2 Å². The summed E-state index contributed by atoms with van der Waals surface area (Å²) in [7, 11) is 0. The van der Waals surface area contributed by atoms with Crippen molar-refractivity contribution in [2.45, 2.75) is 32.4 Å². The van der Waals surface area contributed by atoms with Crippen LogP contribution in [-0.2, 0) is 17.4 Å². The second-order valence-corrected chi connectivity index (χ2v) is 6.31. The van der Waals surface area contributed by atoms with Crippen molar-refractivity contribution >= 4 is 22.7 Å². The largest absolute Gasteiger partial charge is 0.440 e. The summed E-state index contributed by atoms with van der Waals surface area (Å²) in [6, 6.07) is 9.67. The van der Waals surface area contributed by atoms with Crippen molar-refractivity contribution in [3.05, 3.63) is 59.5 Å². The standard InChI is InChI=1S/C19H17F3N2O2/c1-11(2)18-24-15-10-14(7-8-16(15)26-18)23-17(25)9-12-3-5-13(6-4-12)19(20,21)22/h3-8,10-11H,9H2,1-2H3,(H,23,25). The zero-order valence-electron chi connectivity index (χ0n) is 14.2. The second kappa shape index (κ2) is 6.82. The quantitative estimate of drug-likeness (QED) is 0.698. The van der Waals surface area contributed by atoms with Crippen molar-refractivity contribution in [3.63, 3.8) is 0 Å². The van der Waals surface area contributed by atoms with E-state index in [4.69, 9.17) is 4.42 Å². The molecule has 0 spiro atoms. The van der Waals surface area contributed by atoms with E-state index in [1.54, 1.807) is 18.2 Å². The SMILES string of the molecule is CC(C)c1nc2cc(NC(=O)Cc3ccc(C(F)(F)F)cc3)ccc2o1. The normalized spacial score (nSPS) is 11.9. The number of rotatable bonds is 4. The van der Waals surface area contributed by atoms with E-state index in [0.717, 1.165) is 12.1 Å². The molecule has 3 rings (SSSR count). The van der Waals surface area contributed by atoms with Crippen LogP contribution in [0.4, 0.5) is 18.9 Å². The maximum atomic E-state index is 12.6. The molecule has 0 aliphatic rings. The number of nitrogens with zero attached hydrogens (tertiary/aromatic N) is 1. The van der Waals surface area contributed by atoms with Gasteiger partial charge in [-0.25, -0.2) is 4.98 Å². The van der Waals surface area contributed by atoms with E-state index in [9.17, 15) is 18.0 Å². The van der Waals surface area contributed by atoms with Crippen LogP contribution >= 0.6 is 0 Å². The summed E-state index contributed by atoms with van der Waals surface area (Å²) in [4.78, 5) is 16.5.